The molecule has 2 aromatic carbocycles. The van der Waals surface area contributed by atoms with Gasteiger partial charge in [-0.2, -0.15) is 0 Å². The van der Waals surface area contributed by atoms with Crippen LogP contribution in [0.15, 0.2) is 60.7 Å². The molecule has 0 bridgehead atoms. The van der Waals surface area contributed by atoms with E-state index in [2.05, 4.69) is 0 Å². The minimum absolute atomic E-state index is 0. The van der Waals surface area contributed by atoms with Gasteiger partial charge in [-0.3, -0.25) is 4.89 Å². The third kappa shape index (κ3) is 4.84. The Morgan fingerprint density at radius 2 is 1.11 bits per heavy atom. The van der Waals surface area contributed by atoms with Crippen LogP contribution in [0, 0.1) is 0 Å². The summed E-state index contributed by atoms with van der Waals surface area (Å²) in [7, 11) is -4.14. The Morgan fingerprint density at radius 1 is 0.778 bits per heavy atom. The fraction of sp³-hybridized carbons (Fsp3) is 0. The van der Waals surface area contributed by atoms with Gasteiger partial charge in [0.05, 0.1) is 0 Å². The fourth-order valence-electron chi connectivity index (χ4n) is 1.25. The molecule has 0 aliphatic rings. The van der Waals surface area contributed by atoms with Gasteiger partial charge in [0.1, 0.15) is 11.5 Å². The number of phosphoric ester groups is 1. The quantitative estimate of drug-likeness (QED) is 0.641. The van der Waals surface area contributed by atoms with Gasteiger partial charge in [-0.25, -0.2) is 4.57 Å². The fourth-order valence-corrected chi connectivity index (χ4v) is 2.06. The number of benzene rings is 2. The first kappa shape index (κ1) is 15.3. The minimum Gasteiger partial charge on any atom is -0.395 e. The van der Waals surface area contributed by atoms with E-state index < -0.39 is 7.82 Å². The molecule has 88 valence electrons. The van der Waals surface area contributed by atoms with Crippen molar-refractivity contribution in [3.8, 4) is 11.5 Å². The summed E-state index contributed by atoms with van der Waals surface area (Å²) in [5.41, 5.74) is 0. The largest absolute Gasteiger partial charge is 1.00 e. The molecular weight excluding hydrogens is 262 g/mol. The van der Waals surface area contributed by atoms with Crippen molar-refractivity contribution in [1.82, 2.24) is 0 Å². The van der Waals surface area contributed by atoms with Crippen LogP contribution in [0.4, 0.5) is 0 Å². The van der Waals surface area contributed by atoms with Gasteiger partial charge in [-0.1, -0.05) is 36.4 Å². The molecular formula is C12H11NaO4P+. The van der Waals surface area contributed by atoms with E-state index >= 15 is 0 Å². The average molecular weight is 273 g/mol. The van der Waals surface area contributed by atoms with Crippen LogP contribution in [0.25, 0.3) is 0 Å². The Kier molecular flexibility index (Phi) is 5.93. The van der Waals surface area contributed by atoms with Crippen molar-refractivity contribution in [1.29, 1.82) is 0 Å². The molecule has 0 aromatic heterocycles. The van der Waals surface area contributed by atoms with Crippen LogP contribution in [-0.4, -0.2) is 4.89 Å². The van der Waals surface area contributed by atoms with Crippen molar-refractivity contribution in [2.75, 3.05) is 0 Å². The van der Waals surface area contributed by atoms with Crippen LogP contribution >= 0.6 is 7.82 Å². The van der Waals surface area contributed by atoms with E-state index in [4.69, 9.17) is 9.05 Å². The predicted molar refractivity (Wildman–Crippen MR) is 64.0 cm³/mol. The SMILES string of the molecule is O=P(O)(Oc1ccccc1)Oc1ccccc1.[Na+]. The predicted octanol–water partition coefficient (Wildman–Crippen LogP) is 0.249. The molecule has 6 heteroatoms. The molecule has 0 atom stereocenters. The first-order valence-electron chi connectivity index (χ1n) is 4.98. The molecule has 18 heavy (non-hydrogen) atoms. The first-order valence-corrected chi connectivity index (χ1v) is 6.47. The second-order valence-corrected chi connectivity index (χ2v) is 4.58. The van der Waals surface area contributed by atoms with Gasteiger partial charge in [-0.05, 0) is 24.3 Å². The Balaban J connectivity index is 0.00000162. The zero-order valence-electron chi connectivity index (χ0n) is 9.89. The monoisotopic (exact) mass is 273 g/mol. The molecule has 1 N–H and O–H groups in total. The van der Waals surface area contributed by atoms with E-state index in [9.17, 15) is 9.46 Å². The van der Waals surface area contributed by atoms with E-state index in [1.54, 1.807) is 60.7 Å². The maximum absolute atomic E-state index is 11.7. The number of rotatable bonds is 4. The number of hydrogen-bond donors (Lipinski definition) is 1. The summed E-state index contributed by atoms with van der Waals surface area (Å²) in [5.74, 6) is 0.573. The Bertz CT molecular complexity index is 473. The Morgan fingerprint density at radius 3 is 1.44 bits per heavy atom. The Hall–Kier alpha value is -0.770. The van der Waals surface area contributed by atoms with E-state index in [-0.39, 0.29) is 41.1 Å². The summed E-state index contributed by atoms with van der Waals surface area (Å²) in [6.07, 6.45) is 0. The van der Waals surface area contributed by atoms with Crippen LogP contribution < -0.4 is 38.6 Å². The zero-order chi connectivity index (χ0) is 12.1. The maximum atomic E-state index is 11.7. The van der Waals surface area contributed by atoms with Gasteiger partial charge in [0, 0.05) is 0 Å². The Labute approximate surface area is 127 Å². The van der Waals surface area contributed by atoms with E-state index in [0.29, 0.717) is 0 Å². The van der Waals surface area contributed by atoms with Crippen molar-refractivity contribution in [2.24, 2.45) is 0 Å². The van der Waals surface area contributed by atoms with E-state index in [1.807, 2.05) is 0 Å². The van der Waals surface area contributed by atoms with Crippen LogP contribution in [0.1, 0.15) is 0 Å². The molecule has 0 unspecified atom stereocenters. The van der Waals surface area contributed by atoms with Gasteiger partial charge < -0.3 is 9.05 Å². The van der Waals surface area contributed by atoms with Gasteiger partial charge in [0.15, 0.2) is 0 Å². The van der Waals surface area contributed by atoms with Crippen molar-refractivity contribution in [2.45, 2.75) is 0 Å². The molecule has 0 fully saturated rings. The van der Waals surface area contributed by atoms with Crippen LogP contribution in [0.3, 0.4) is 0 Å². The topological polar surface area (TPSA) is 55.8 Å². The second-order valence-electron chi connectivity index (χ2n) is 3.28. The summed E-state index contributed by atoms with van der Waals surface area (Å²) in [6, 6.07) is 16.7. The summed E-state index contributed by atoms with van der Waals surface area (Å²) < 4.78 is 21.5. The van der Waals surface area contributed by atoms with Crippen molar-refractivity contribution in [3.05, 3.63) is 60.7 Å². The third-order valence-electron chi connectivity index (χ3n) is 1.93. The standard InChI is InChI=1S/C12H11O4P.Na/c13-17(14,15-11-7-3-1-4-8-11)16-12-9-5-2-6-10-12;/h1-10H,(H,13,14);/q;+1. The van der Waals surface area contributed by atoms with E-state index in [0.717, 1.165) is 0 Å². The molecule has 0 aliphatic carbocycles. The molecule has 0 radical (unpaired) electrons. The average Bonchev–Trinajstić information content (AvgIpc) is 2.30. The van der Waals surface area contributed by atoms with Gasteiger partial charge in [0.2, 0.25) is 0 Å². The number of phosphoric acid groups is 1. The third-order valence-corrected chi connectivity index (χ3v) is 2.81. The molecule has 2 rings (SSSR count). The normalized spacial score (nSPS) is 10.3. The van der Waals surface area contributed by atoms with Crippen molar-refractivity contribution >= 4 is 7.82 Å². The molecule has 0 amide bonds. The molecule has 0 heterocycles. The van der Waals surface area contributed by atoms with Crippen LogP contribution in [0.2, 0.25) is 0 Å². The second kappa shape index (κ2) is 6.98. The minimum atomic E-state index is -4.14. The van der Waals surface area contributed by atoms with Crippen LogP contribution in [0.5, 0.6) is 11.5 Å². The van der Waals surface area contributed by atoms with Gasteiger partial charge in [0.25, 0.3) is 0 Å². The summed E-state index contributed by atoms with van der Waals surface area (Å²) in [6.45, 7) is 0. The number of para-hydroxylation sites is 2. The molecule has 4 nitrogen and oxygen atoms in total. The van der Waals surface area contributed by atoms with Crippen LogP contribution in [-0.2, 0) is 4.57 Å². The molecule has 0 aliphatic heterocycles. The molecule has 0 saturated carbocycles. The number of hydrogen-bond acceptors (Lipinski definition) is 3. The molecule has 2 aromatic rings. The zero-order valence-corrected chi connectivity index (χ0v) is 12.8. The van der Waals surface area contributed by atoms with Crippen molar-refractivity contribution in [3.63, 3.8) is 0 Å². The first-order chi connectivity index (χ1) is 8.16. The summed E-state index contributed by atoms with van der Waals surface area (Å²) in [5, 5.41) is 0. The van der Waals surface area contributed by atoms with E-state index in [1.165, 1.54) is 0 Å². The summed E-state index contributed by atoms with van der Waals surface area (Å²) in [4.78, 5) is 9.53. The van der Waals surface area contributed by atoms with Gasteiger partial charge in [-0.15, -0.1) is 0 Å². The molecule has 0 spiro atoms. The maximum Gasteiger partial charge on any atom is 1.00 e. The van der Waals surface area contributed by atoms with Crippen molar-refractivity contribution < 1.29 is 48.1 Å². The summed E-state index contributed by atoms with van der Waals surface area (Å²) >= 11 is 0. The van der Waals surface area contributed by atoms with Gasteiger partial charge >= 0.3 is 37.4 Å². The smallest absolute Gasteiger partial charge is 0.395 e. The molecule has 0 saturated heterocycles.